The number of rotatable bonds is 1. The zero-order valence-electron chi connectivity index (χ0n) is 8.17. The fourth-order valence-electron chi connectivity index (χ4n) is 1.09. The predicted octanol–water partition coefficient (Wildman–Crippen LogP) is 0.484. The Balaban J connectivity index is 2.45. The van der Waals surface area contributed by atoms with E-state index in [2.05, 4.69) is 9.68 Å². The number of carbonyl (C=O) groups is 2. The van der Waals surface area contributed by atoms with Crippen LogP contribution in [0.5, 0.6) is 0 Å². The molecule has 1 aromatic rings. The molecule has 1 aliphatic rings. The number of hydrazine groups is 1. The van der Waals surface area contributed by atoms with Crippen LogP contribution in [0, 0.1) is 23.3 Å². The number of nitrogens with zero attached hydrogens (tertiary/aromatic N) is 1. The Kier molecular flexibility index (Phi) is 2.79. The van der Waals surface area contributed by atoms with Gasteiger partial charge >= 0.3 is 11.9 Å². The Labute approximate surface area is 95.6 Å². The molecule has 10 heteroatoms. The molecular formula is C8H2F4N2O4. The maximum atomic E-state index is 13.3. The summed E-state index contributed by atoms with van der Waals surface area (Å²) in [6.45, 7) is 0. The minimum atomic E-state index is -1.84. The molecule has 6 nitrogen and oxygen atoms in total. The normalized spacial score (nSPS) is 15.4. The highest BCUT2D eigenvalue weighted by atomic mass is 19.2. The summed E-state index contributed by atoms with van der Waals surface area (Å²) in [5, 5.41) is -0.152. The largest absolute Gasteiger partial charge is 0.444 e. The van der Waals surface area contributed by atoms with Gasteiger partial charge < -0.3 is 9.68 Å². The highest BCUT2D eigenvalue weighted by Gasteiger charge is 2.34. The lowest BCUT2D eigenvalue weighted by Gasteiger charge is -2.25. The Morgan fingerprint density at radius 1 is 1.00 bits per heavy atom. The lowest BCUT2D eigenvalue weighted by Crippen LogP contribution is -2.50. The van der Waals surface area contributed by atoms with E-state index < -0.39 is 40.9 Å². The van der Waals surface area contributed by atoms with E-state index in [4.69, 9.17) is 0 Å². The number of hydrogen-bond donors (Lipinski definition) is 1. The molecule has 1 heterocycles. The summed E-state index contributed by atoms with van der Waals surface area (Å²) in [5.74, 6) is -10.3. The van der Waals surface area contributed by atoms with E-state index in [1.807, 2.05) is 0 Å². The third-order valence-electron chi connectivity index (χ3n) is 1.85. The van der Waals surface area contributed by atoms with Gasteiger partial charge in [0.1, 0.15) is 0 Å². The monoisotopic (exact) mass is 266 g/mol. The smallest absolute Gasteiger partial charge is 0.338 e. The molecule has 0 radical (unpaired) electrons. The van der Waals surface area contributed by atoms with E-state index in [9.17, 15) is 27.2 Å². The Bertz CT molecular complexity index is 524. The van der Waals surface area contributed by atoms with E-state index in [0.717, 1.165) is 0 Å². The van der Waals surface area contributed by atoms with Crippen molar-refractivity contribution < 1.29 is 36.8 Å². The van der Waals surface area contributed by atoms with Gasteiger partial charge in [-0.3, -0.25) is 0 Å². The molecule has 1 saturated heterocycles. The molecule has 1 aliphatic heterocycles. The Hall–Kier alpha value is -2.36. The Morgan fingerprint density at radius 3 is 2.06 bits per heavy atom. The molecule has 2 rings (SSSR count). The third kappa shape index (κ3) is 1.82. The topological polar surface area (TPSA) is 67.9 Å². The van der Waals surface area contributed by atoms with Crippen molar-refractivity contribution in [2.75, 3.05) is 5.17 Å². The van der Waals surface area contributed by atoms with Crippen molar-refractivity contribution in [1.29, 1.82) is 0 Å². The number of nitrogens with one attached hydrogen (secondary N) is 1. The summed E-state index contributed by atoms with van der Waals surface area (Å²) in [6.07, 6.45) is 0. The highest BCUT2D eigenvalue weighted by molar-refractivity contribution is 6.30. The highest BCUT2D eigenvalue weighted by Crippen LogP contribution is 2.27. The van der Waals surface area contributed by atoms with Gasteiger partial charge in [0.25, 0.3) is 0 Å². The van der Waals surface area contributed by atoms with Crippen molar-refractivity contribution in [3.63, 3.8) is 0 Å². The van der Waals surface area contributed by atoms with Crippen LogP contribution in [0.25, 0.3) is 0 Å². The van der Waals surface area contributed by atoms with E-state index in [1.54, 1.807) is 0 Å². The van der Waals surface area contributed by atoms with Crippen LogP contribution in [0.2, 0.25) is 0 Å². The molecule has 0 bridgehead atoms. The van der Waals surface area contributed by atoms with Crippen LogP contribution < -0.4 is 10.8 Å². The van der Waals surface area contributed by atoms with Gasteiger partial charge in [0.2, 0.25) is 0 Å². The molecule has 96 valence electrons. The van der Waals surface area contributed by atoms with Crippen molar-refractivity contribution in [3.8, 4) is 0 Å². The molecular weight excluding hydrogens is 264 g/mol. The van der Waals surface area contributed by atoms with Gasteiger partial charge in [0, 0.05) is 6.07 Å². The zero-order chi connectivity index (χ0) is 13.4. The van der Waals surface area contributed by atoms with Crippen molar-refractivity contribution in [2.45, 2.75) is 0 Å². The first-order valence-corrected chi connectivity index (χ1v) is 4.23. The molecule has 1 N–H and O–H groups in total. The number of hydrogen-bond acceptors (Lipinski definition) is 6. The van der Waals surface area contributed by atoms with Gasteiger partial charge in [-0.25, -0.2) is 27.2 Å². The van der Waals surface area contributed by atoms with Crippen molar-refractivity contribution >= 4 is 17.6 Å². The van der Waals surface area contributed by atoms with E-state index in [-0.39, 0.29) is 11.2 Å². The second-order valence-corrected chi connectivity index (χ2v) is 2.97. The van der Waals surface area contributed by atoms with E-state index in [1.165, 1.54) is 5.59 Å². The van der Waals surface area contributed by atoms with Crippen LogP contribution >= 0.6 is 0 Å². The van der Waals surface area contributed by atoms with E-state index >= 15 is 0 Å². The average Bonchev–Trinajstić information content (AvgIpc) is 2.31. The van der Waals surface area contributed by atoms with Crippen LogP contribution in [0.1, 0.15) is 0 Å². The molecule has 0 atom stereocenters. The molecule has 0 aliphatic carbocycles. The summed E-state index contributed by atoms with van der Waals surface area (Å²) >= 11 is 0. The van der Waals surface area contributed by atoms with Gasteiger partial charge in [0.05, 0.1) is 0 Å². The first-order chi connectivity index (χ1) is 8.41. The third-order valence-corrected chi connectivity index (χ3v) is 1.85. The van der Waals surface area contributed by atoms with Gasteiger partial charge in [0.15, 0.2) is 29.0 Å². The summed E-state index contributed by atoms with van der Waals surface area (Å²) < 4.78 is 52.2. The van der Waals surface area contributed by atoms with Crippen LogP contribution in [-0.4, -0.2) is 11.9 Å². The average molecular weight is 266 g/mol. The minimum Gasteiger partial charge on any atom is -0.338 e. The number of halogens is 4. The van der Waals surface area contributed by atoms with Crippen molar-refractivity contribution in [1.82, 2.24) is 5.59 Å². The summed E-state index contributed by atoms with van der Waals surface area (Å²) in [5.41, 5.74) is 0.0701. The SMILES string of the molecule is O=C1ONN(c2c(F)c(F)cc(F)c2F)OC1=O. The van der Waals surface area contributed by atoms with Gasteiger partial charge in [-0.1, -0.05) is 5.17 Å². The van der Waals surface area contributed by atoms with E-state index in [0.29, 0.717) is 0 Å². The summed E-state index contributed by atoms with van der Waals surface area (Å²) in [4.78, 5) is 29.3. The molecule has 0 spiro atoms. The Morgan fingerprint density at radius 2 is 1.56 bits per heavy atom. The van der Waals surface area contributed by atoms with Gasteiger partial charge in [-0.2, -0.15) is 0 Å². The summed E-state index contributed by atoms with van der Waals surface area (Å²) in [7, 11) is 0. The second-order valence-electron chi connectivity index (χ2n) is 2.97. The molecule has 0 unspecified atom stereocenters. The second kappa shape index (κ2) is 4.14. The number of benzene rings is 1. The number of carbonyl (C=O) groups excluding carboxylic acids is 2. The summed E-state index contributed by atoms with van der Waals surface area (Å²) in [6, 6.07) is -0.0358. The van der Waals surface area contributed by atoms with Crippen molar-refractivity contribution in [3.05, 3.63) is 29.3 Å². The first kappa shape index (κ1) is 12.1. The fraction of sp³-hybridized carbons (Fsp3) is 0. The van der Waals surface area contributed by atoms with Crippen LogP contribution in [0.3, 0.4) is 0 Å². The van der Waals surface area contributed by atoms with Gasteiger partial charge in [-0.15, -0.1) is 0 Å². The first-order valence-electron chi connectivity index (χ1n) is 4.23. The maximum absolute atomic E-state index is 13.3. The lowest BCUT2D eigenvalue weighted by atomic mass is 10.2. The minimum absolute atomic E-state index is 0.0358. The van der Waals surface area contributed by atoms with Crippen LogP contribution in [0.4, 0.5) is 23.2 Å². The van der Waals surface area contributed by atoms with Crippen molar-refractivity contribution in [2.24, 2.45) is 0 Å². The number of anilines is 1. The lowest BCUT2D eigenvalue weighted by molar-refractivity contribution is -0.192. The molecule has 18 heavy (non-hydrogen) atoms. The molecule has 0 aromatic heterocycles. The van der Waals surface area contributed by atoms with Crippen LogP contribution in [-0.2, 0) is 19.3 Å². The van der Waals surface area contributed by atoms with Gasteiger partial charge in [-0.05, 0) is 5.59 Å². The predicted molar refractivity (Wildman–Crippen MR) is 44.1 cm³/mol. The quantitative estimate of drug-likeness (QED) is 0.453. The zero-order valence-corrected chi connectivity index (χ0v) is 8.17. The fourth-order valence-corrected chi connectivity index (χ4v) is 1.09. The molecule has 1 aromatic carbocycles. The molecule has 0 amide bonds. The maximum Gasteiger partial charge on any atom is 0.444 e. The van der Waals surface area contributed by atoms with Crippen LogP contribution in [0.15, 0.2) is 6.07 Å². The molecule has 0 saturated carbocycles. The standard InChI is InChI=1S/C8H2F4N2O4/c9-2-1-3(10)5(12)6(4(2)11)14-13-17-7(15)8(16)18-14/h1,13H. The molecule has 1 fully saturated rings.